The van der Waals surface area contributed by atoms with Gasteiger partial charge in [0.25, 0.3) is 5.91 Å². The summed E-state index contributed by atoms with van der Waals surface area (Å²) in [5.41, 5.74) is 2.07. The van der Waals surface area contributed by atoms with E-state index < -0.39 is 6.04 Å². The van der Waals surface area contributed by atoms with Crippen molar-refractivity contribution in [3.05, 3.63) is 58.1 Å². The first-order chi connectivity index (χ1) is 14.8. The number of carbonyl (C=O) groups excluding carboxylic acids is 2. The number of ether oxygens (including phenoxy) is 2. The molecule has 0 bridgehead atoms. The van der Waals surface area contributed by atoms with E-state index in [0.717, 1.165) is 15.8 Å². The number of amides is 2. The Labute approximate surface area is 193 Å². The first kappa shape index (κ1) is 24.7. The summed E-state index contributed by atoms with van der Waals surface area (Å²) in [7, 11) is 1.60. The molecule has 0 aliphatic heterocycles. The monoisotopic (exact) mass is 490 g/mol. The molecule has 0 aromatic heterocycles. The highest BCUT2D eigenvalue weighted by Crippen LogP contribution is 2.29. The Kier molecular flexibility index (Phi) is 9.37. The number of methoxy groups -OCH3 is 1. The Morgan fingerprint density at radius 2 is 1.77 bits per heavy atom. The highest BCUT2D eigenvalue weighted by molar-refractivity contribution is 9.10. The Hall–Kier alpha value is -2.54. The molecule has 2 aromatic rings. The number of nitrogens with zero attached hydrogens (tertiary/aromatic N) is 1. The maximum atomic E-state index is 13.1. The maximum absolute atomic E-state index is 13.1. The van der Waals surface area contributed by atoms with Crippen LogP contribution in [-0.4, -0.2) is 43.0 Å². The van der Waals surface area contributed by atoms with Gasteiger partial charge in [0, 0.05) is 13.1 Å². The molecular weight excluding hydrogens is 460 g/mol. The fraction of sp³-hybridized carbons (Fsp3) is 0.417. The summed E-state index contributed by atoms with van der Waals surface area (Å²) >= 11 is 3.52. The fourth-order valence-corrected chi connectivity index (χ4v) is 3.56. The van der Waals surface area contributed by atoms with Crippen molar-refractivity contribution in [1.29, 1.82) is 0 Å². The molecule has 31 heavy (non-hydrogen) atoms. The van der Waals surface area contributed by atoms with Crippen LogP contribution in [0.15, 0.2) is 46.9 Å². The normalized spacial score (nSPS) is 11.7. The van der Waals surface area contributed by atoms with E-state index in [0.29, 0.717) is 18.2 Å². The van der Waals surface area contributed by atoms with Crippen molar-refractivity contribution in [1.82, 2.24) is 10.2 Å². The Bertz CT molecular complexity index is 884. The summed E-state index contributed by atoms with van der Waals surface area (Å²) < 4.78 is 11.8. The number of nitrogens with one attached hydrogen (secondary N) is 1. The Morgan fingerprint density at radius 1 is 1.10 bits per heavy atom. The second kappa shape index (κ2) is 11.7. The zero-order valence-electron chi connectivity index (χ0n) is 18.8. The van der Waals surface area contributed by atoms with Crippen molar-refractivity contribution in [3.8, 4) is 11.5 Å². The van der Waals surface area contributed by atoms with E-state index in [1.165, 1.54) is 10.5 Å². The van der Waals surface area contributed by atoms with E-state index in [9.17, 15) is 9.59 Å². The zero-order chi connectivity index (χ0) is 23.0. The van der Waals surface area contributed by atoms with E-state index in [4.69, 9.17) is 9.47 Å². The van der Waals surface area contributed by atoms with Gasteiger partial charge in [-0.3, -0.25) is 9.59 Å². The van der Waals surface area contributed by atoms with Crippen LogP contribution in [0.2, 0.25) is 0 Å². The lowest BCUT2D eigenvalue weighted by Crippen LogP contribution is -2.49. The van der Waals surface area contributed by atoms with Crippen molar-refractivity contribution < 1.29 is 19.1 Å². The van der Waals surface area contributed by atoms with E-state index in [1.807, 2.05) is 49.4 Å². The summed E-state index contributed by atoms with van der Waals surface area (Å²) in [6.45, 7) is 8.43. The first-order valence-corrected chi connectivity index (χ1v) is 11.2. The Balaban J connectivity index is 2.15. The molecule has 168 valence electrons. The van der Waals surface area contributed by atoms with E-state index >= 15 is 0 Å². The number of benzene rings is 2. The molecule has 0 saturated carbocycles. The number of likely N-dealkylation sites (N-methyl/N-ethyl adjacent to an activating group) is 1. The topological polar surface area (TPSA) is 67.9 Å². The van der Waals surface area contributed by atoms with Crippen LogP contribution < -0.4 is 14.8 Å². The molecule has 0 spiro atoms. The zero-order valence-corrected chi connectivity index (χ0v) is 20.4. The van der Waals surface area contributed by atoms with Gasteiger partial charge in [0.05, 0.1) is 11.6 Å². The lowest BCUT2D eigenvalue weighted by molar-refractivity contribution is -0.142. The first-order valence-electron chi connectivity index (χ1n) is 10.4. The second-order valence-corrected chi connectivity index (χ2v) is 8.43. The molecule has 0 aliphatic carbocycles. The molecule has 2 amide bonds. The lowest BCUT2D eigenvalue weighted by atomic mass is 10.0. The molecule has 7 heteroatoms. The van der Waals surface area contributed by atoms with Gasteiger partial charge in [-0.1, -0.05) is 32.0 Å². The molecule has 2 aromatic carbocycles. The minimum Gasteiger partial charge on any atom is -0.497 e. The van der Waals surface area contributed by atoms with Crippen molar-refractivity contribution in [2.45, 2.75) is 46.2 Å². The van der Waals surface area contributed by atoms with Crippen LogP contribution in [-0.2, 0) is 16.1 Å². The minimum absolute atomic E-state index is 0.167. The fourth-order valence-electron chi connectivity index (χ4n) is 3.05. The molecule has 0 unspecified atom stereocenters. The summed E-state index contributed by atoms with van der Waals surface area (Å²) in [6.07, 6.45) is 0. The third kappa shape index (κ3) is 6.99. The highest BCUT2D eigenvalue weighted by Gasteiger charge is 2.26. The van der Waals surface area contributed by atoms with Gasteiger partial charge in [-0.15, -0.1) is 0 Å². The van der Waals surface area contributed by atoms with Crippen LogP contribution in [0.4, 0.5) is 0 Å². The minimum atomic E-state index is -0.634. The number of halogens is 1. The van der Waals surface area contributed by atoms with Gasteiger partial charge in [-0.05, 0) is 71.1 Å². The number of hydrogen-bond acceptors (Lipinski definition) is 4. The SMILES string of the molecule is CCNC(=O)[C@@H](C)N(Cc1ccc(OC)cc1)C(=O)COc1ccc(C(C)C)cc1Br. The van der Waals surface area contributed by atoms with Crippen LogP contribution in [0, 0.1) is 0 Å². The summed E-state index contributed by atoms with van der Waals surface area (Å²) in [5.74, 6) is 1.25. The van der Waals surface area contributed by atoms with Crippen LogP contribution >= 0.6 is 15.9 Å². The highest BCUT2D eigenvalue weighted by atomic mass is 79.9. The van der Waals surface area contributed by atoms with Gasteiger partial charge >= 0.3 is 0 Å². The van der Waals surface area contributed by atoms with E-state index in [1.54, 1.807) is 14.0 Å². The predicted octanol–water partition coefficient (Wildman–Crippen LogP) is 4.51. The van der Waals surface area contributed by atoms with Crippen LogP contribution in [0.3, 0.4) is 0 Å². The number of rotatable bonds is 10. The molecule has 1 atom stereocenters. The van der Waals surface area contributed by atoms with Crippen molar-refractivity contribution in [3.63, 3.8) is 0 Å². The van der Waals surface area contributed by atoms with Crippen LogP contribution in [0.5, 0.6) is 11.5 Å². The van der Waals surface area contributed by atoms with Crippen molar-refractivity contribution in [2.75, 3.05) is 20.3 Å². The molecule has 0 radical (unpaired) electrons. The second-order valence-electron chi connectivity index (χ2n) is 7.57. The molecule has 2 rings (SSSR count). The number of hydrogen-bond donors (Lipinski definition) is 1. The molecule has 0 saturated heterocycles. The van der Waals surface area contributed by atoms with Crippen LogP contribution in [0.1, 0.15) is 44.7 Å². The van der Waals surface area contributed by atoms with E-state index in [-0.39, 0.29) is 25.0 Å². The third-order valence-corrected chi connectivity index (χ3v) is 5.62. The standard InChI is InChI=1S/C24H31BrN2O4/c1-6-26-24(29)17(4)27(14-18-7-10-20(30-5)11-8-18)23(28)15-31-22-12-9-19(16(2)3)13-21(22)25/h7-13,16-17H,6,14-15H2,1-5H3,(H,26,29)/t17-/m1/s1. The molecule has 0 heterocycles. The smallest absolute Gasteiger partial charge is 0.261 e. The quantitative estimate of drug-likeness (QED) is 0.531. The molecular formula is C24H31BrN2O4. The molecule has 0 aliphatic rings. The van der Waals surface area contributed by atoms with Gasteiger partial charge in [-0.25, -0.2) is 0 Å². The summed E-state index contributed by atoms with van der Waals surface area (Å²) in [6, 6.07) is 12.6. The van der Waals surface area contributed by atoms with Crippen molar-refractivity contribution in [2.24, 2.45) is 0 Å². The largest absolute Gasteiger partial charge is 0.497 e. The average Bonchev–Trinajstić information content (AvgIpc) is 2.76. The van der Waals surface area contributed by atoms with Gasteiger partial charge in [0.15, 0.2) is 6.61 Å². The van der Waals surface area contributed by atoms with Crippen molar-refractivity contribution >= 4 is 27.7 Å². The van der Waals surface area contributed by atoms with Gasteiger partial charge in [0.2, 0.25) is 5.91 Å². The van der Waals surface area contributed by atoms with E-state index in [2.05, 4.69) is 35.1 Å². The average molecular weight is 491 g/mol. The Morgan fingerprint density at radius 3 is 2.32 bits per heavy atom. The van der Waals surface area contributed by atoms with Gasteiger partial charge in [-0.2, -0.15) is 0 Å². The summed E-state index contributed by atoms with van der Waals surface area (Å²) in [5, 5.41) is 2.78. The number of carbonyl (C=O) groups is 2. The lowest BCUT2D eigenvalue weighted by Gasteiger charge is -2.28. The third-order valence-electron chi connectivity index (χ3n) is 5.00. The maximum Gasteiger partial charge on any atom is 0.261 e. The molecule has 6 nitrogen and oxygen atoms in total. The van der Waals surface area contributed by atoms with Gasteiger partial charge in [0.1, 0.15) is 17.5 Å². The summed E-state index contributed by atoms with van der Waals surface area (Å²) in [4.78, 5) is 27.0. The predicted molar refractivity (Wildman–Crippen MR) is 125 cm³/mol. The van der Waals surface area contributed by atoms with Gasteiger partial charge < -0.3 is 19.7 Å². The molecule has 0 fully saturated rings. The molecule has 1 N–H and O–H groups in total. The van der Waals surface area contributed by atoms with Crippen LogP contribution in [0.25, 0.3) is 0 Å².